The molecule has 106 valence electrons. The van der Waals surface area contributed by atoms with E-state index in [0.717, 1.165) is 12.8 Å². The highest BCUT2D eigenvalue weighted by molar-refractivity contribution is 9.09. The Morgan fingerprint density at radius 3 is 2.00 bits per heavy atom. The predicted octanol–water partition coefficient (Wildman–Crippen LogP) is 5.87. The monoisotopic (exact) mass is 442 g/mol. The predicted molar refractivity (Wildman–Crippen MR) is 86.2 cm³/mol. The lowest BCUT2D eigenvalue weighted by Crippen LogP contribution is -2.46. The third-order valence-electron chi connectivity index (χ3n) is 5.59. The second-order valence-corrected chi connectivity index (χ2v) is 10.5. The largest absolute Gasteiger partial charge is 0.166 e. The first-order chi connectivity index (χ1) is 8.69. The lowest BCUT2D eigenvalue weighted by atomic mass is 9.72. The maximum absolute atomic E-state index is 6.84. The van der Waals surface area contributed by atoms with E-state index < -0.39 is 14.1 Å². The maximum Gasteiger partial charge on any atom is 0.166 e. The van der Waals surface area contributed by atoms with E-state index in [1.165, 1.54) is 0 Å². The summed E-state index contributed by atoms with van der Waals surface area (Å²) >= 11 is 43.3. The molecule has 4 bridgehead atoms. The summed E-state index contributed by atoms with van der Waals surface area (Å²) in [7, 11) is 0. The van der Waals surface area contributed by atoms with Crippen molar-refractivity contribution in [3.63, 3.8) is 0 Å². The van der Waals surface area contributed by atoms with Gasteiger partial charge in [0.25, 0.3) is 0 Å². The molecule has 7 atom stereocenters. The van der Waals surface area contributed by atoms with Crippen molar-refractivity contribution in [1.82, 2.24) is 0 Å². The summed E-state index contributed by atoms with van der Waals surface area (Å²) in [6.45, 7) is 0. The number of fused-ring (bicyclic) bond motifs is 9. The number of allylic oxidation sites excluding steroid dienone is 2. The summed E-state index contributed by atoms with van der Waals surface area (Å²) in [6.07, 6.45) is 2.16. The van der Waals surface area contributed by atoms with Crippen LogP contribution in [0, 0.1) is 23.7 Å². The fourth-order valence-electron chi connectivity index (χ4n) is 4.97. The normalized spacial score (nSPS) is 61.1. The van der Waals surface area contributed by atoms with Gasteiger partial charge >= 0.3 is 0 Å². The van der Waals surface area contributed by atoms with Crippen LogP contribution in [-0.4, -0.2) is 18.9 Å². The van der Waals surface area contributed by atoms with Gasteiger partial charge in [0.1, 0.15) is 9.75 Å². The third kappa shape index (κ3) is 1.24. The van der Waals surface area contributed by atoms with Crippen LogP contribution in [0.2, 0.25) is 0 Å². The lowest BCUT2D eigenvalue weighted by Gasteiger charge is -2.41. The molecule has 19 heavy (non-hydrogen) atoms. The standard InChI is InChI=1S/C12H9BrCl6/c13-5-2-3-1-4(5)7-6(3)10(16)8(14)9(15)11(7,17)12(10,18)19/h3-7H,1-2H2/t3-,4-,5-,6+,7+,10-,11-/m0/s1. The van der Waals surface area contributed by atoms with Gasteiger partial charge in [-0.3, -0.25) is 0 Å². The molecule has 0 aromatic carbocycles. The van der Waals surface area contributed by atoms with E-state index in [9.17, 15) is 0 Å². The summed E-state index contributed by atoms with van der Waals surface area (Å²) in [5.74, 6) is 1.05. The Morgan fingerprint density at radius 1 is 0.895 bits per heavy atom. The minimum atomic E-state index is -1.36. The zero-order valence-corrected chi connectivity index (χ0v) is 15.6. The van der Waals surface area contributed by atoms with Crippen LogP contribution in [0.25, 0.3) is 0 Å². The van der Waals surface area contributed by atoms with Gasteiger partial charge in [-0.2, -0.15) is 0 Å². The van der Waals surface area contributed by atoms with Crippen LogP contribution < -0.4 is 0 Å². The number of rotatable bonds is 0. The first-order valence-electron chi connectivity index (χ1n) is 6.15. The van der Waals surface area contributed by atoms with E-state index in [2.05, 4.69) is 15.9 Å². The van der Waals surface area contributed by atoms with Crippen molar-refractivity contribution >= 4 is 85.5 Å². The second kappa shape index (κ2) is 3.89. The average Bonchev–Trinajstić information content (AvgIpc) is 2.95. The summed E-state index contributed by atoms with van der Waals surface area (Å²) < 4.78 is -1.36. The molecule has 0 heterocycles. The Hall–Kier alpha value is 1.96. The van der Waals surface area contributed by atoms with Gasteiger partial charge in [-0.1, -0.05) is 62.3 Å². The molecule has 4 rings (SSSR count). The van der Waals surface area contributed by atoms with E-state index in [1.807, 2.05) is 0 Å². The molecular weight excluding hydrogens is 437 g/mol. The van der Waals surface area contributed by atoms with Gasteiger partial charge in [-0.25, -0.2) is 0 Å². The minimum absolute atomic E-state index is 0.0831. The summed E-state index contributed by atoms with van der Waals surface area (Å²) in [5, 5.41) is 0.681. The molecule has 3 saturated carbocycles. The molecule has 0 aromatic heterocycles. The molecule has 0 spiro atoms. The fraction of sp³-hybridized carbons (Fsp3) is 0.833. The minimum Gasteiger partial charge on any atom is -0.109 e. The lowest BCUT2D eigenvalue weighted by molar-refractivity contribution is 0.226. The molecule has 0 nitrogen and oxygen atoms in total. The topological polar surface area (TPSA) is 0 Å². The third-order valence-corrected chi connectivity index (χ3v) is 10.9. The van der Waals surface area contributed by atoms with Crippen molar-refractivity contribution in [1.29, 1.82) is 0 Å². The fourth-order valence-corrected chi connectivity index (χ4v) is 9.14. The van der Waals surface area contributed by atoms with Crippen LogP contribution in [-0.2, 0) is 0 Å². The van der Waals surface area contributed by atoms with E-state index in [-0.39, 0.29) is 11.8 Å². The van der Waals surface area contributed by atoms with Crippen molar-refractivity contribution in [3.05, 3.63) is 10.1 Å². The van der Waals surface area contributed by atoms with Crippen molar-refractivity contribution in [3.8, 4) is 0 Å². The smallest absolute Gasteiger partial charge is 0.109 e. The molecule has 7 heteroatoms. The second-order valence-electron chi connectivity index (χ2n) is 6.09. The Morgan fingerprint density at radius 2 is 1.42 bits per heavy atom. The summed E-state index contributed by atoms with van der Waals surface area (Å²) in [5.41, 5.74) is 0. The van der Waals surface area contributed by atoms with Crippen LogP contribution in [0.3, 0.4) is 0 Å². The Bertz CT molecular complexity index is 518. The molecular formula is C12H9BrCl6. The van der Waals surface area contributed by atoms with E-state index >= 15 is 0 Å². The van der Waals surface area contributed by atoms with Gasteiger partial charge in [0.2, 0.25) is 0 Å². The van der Waals surface area contributed by atoms with Crippen molar-refractivity contribution in [2.45, 2.75) is 31.8 Å². The Kier molecular flexibility index (Phi) is 2.98. The van der Waals surface area contributed by atoms with Crippen LogP contribution >= 0.6 is 85.5 Å². The van der Waals surface area contributed by atoms with Gasteiger partial charge < -0.3 is 0 Å². The number of halogens is 7. The SMILES string of the molecule is ClC1=C(Cl)[C@@]2(Cl)[C@@H]3[C@H]4C[C@@H](C[C@@H]4Br)[C@H]3[C@@]1(Cl)C2(Cl)Cl. The highest BCUT2D eigenvalue weighted by Gasteiger charge is 2.86. The van der Waals surface area contributed by atoms with Crippen LogP contribution in [0.1, 0.15) is 12.8 Å². The average molecular weight is 446 g/mol. The molecule has 0 unspecified atom stereocenters. The first-order valence-corrected chi connectivity index (χ1v) is 9.33. The molecule has 0 amide bonds. The molecule has 0 radical (unpaired) electrons. The quantitative estimate of drug-likeness (QED) is 0.323. The van der Waals surface area contributed by atoms with Gasteiger partial charge in [-0.05, 0) is 36.5 Å². The van der Waals surface area contributed by atoms with Gasteiger partial charge in [0, 0.05) is 4.83 Å². The molecule has 4 aliphatic carbocycles. The van der Waals surface area contributed by atoms with E-state index in [1.54, 1.807) is 0 Å². The van der Waals surface area contributed by atoms with Gasteiger partial charge in [0.05, 0.1) is 10.1 Å². The van der Waals surface area contributed by atoms with Gasteiger partial charge in [-0.15, -0.1) is 23.2 Å². The summed E-state index contributed by atoms with van der Waals surface area (Å²) in [4.78, 5) is -1.68. The van der Waals surface area contributed by atoms with Crippen LogP contribution in [0.15, 0.2) is 10.1 Å². The number of hydrogen-bond acceptors (Lipinski definition) is 0. The maximum atomic E-state index is 6.84. The highest BCUT2D eigenvalue weighted by atomic mass is 79.9. The molecule has 0 N–H and O–H groups in total. The molecule has 4 aliphatic rings. The van der Waals surface area contributed by atoms with E-state index in [0.29, 0.717) is 26.7 Å². The zero-order valence-electron chi connectivity index (χ0n) is 9.45. The summed E-state index contributed by atoms with van der Waals surface area (Å²) in [6, 6.07) is 0. The molecule has 0 saturated heterocycles. The van der Waals surface area contributed by atoms with Crippen LogP contribution in [0.4, 0.5) is 0 Å². The van der Waals surface area contributed by atoms with Gasteiger partial charge in [0.15, 0.2) is 4.33 Å². The van der Waals surface area contributed by atoms with Crippen molar-refractivity contribution in [2.75, 3.05) is 0 Å². The van der Waals surface area contributed by atoms with E-state index in [4.69, 9.17) is 69.6 Å². The molecule has 3 fully saturated rings. The van der Waals surface area contributed by atoms with Crippen molar-refractivity contribution < 1.29 is 0 Å². The molecule has 0 aliphatic heterocycles. The van der Waals surface area contributed by atoms with Crippen LogP contribution in [0.5, 0.6) is 0 Å². The van der Waals surface area contributed by atoms with Crippen molar-refractivity contribution in [2.24, 2.45) is 23.7 Å². The Balaban J connectivity index is 1.99. The number of hydrogen-bond donors (Lipinski definition) is 0. The first kappa shape index (κ1) is 14.5. The number of alkyl halides is 5. The Labute approximate surface area is 150 Å². The highest BCUT2D eigenvalue weighted by Crippen LogP contribution is 2.82. The zero-order chi connectivity index (χ0) is 14.0. The molecule has 0 aromatic rings.